The molecule has 4 nitrogen and oxygen atoms in total. The Balaban J connectivity index is 2.02. The van der Waals surface area contributed by atoms with Gasteiger partial charge in [0.05, 0.1) is 18.8 Å². The highest BCUT2D eigenvalue weighted by Crippen LogP contribution is 2.43. The van der Waals surface area contributed by atoms with E-state index in [1.54, 1.807) is 14.2 Å². The smallest absolute Gasteiger partial charge is 0.155 e. The van der Waals surface area contributed by atoms with Crippen molar-refractivity contribution in [2.45, 2.75) is 31.3 Å². The minimum atomic E-state index is -0.581. The van der Waals surface area contributed by atoms with Crippen molar-refractivity contribution in [3.63, 3.8) is 0 Å². The molecule has 1 N–H and O–H groups in total. The van der Waals surface area contributed by atoms with Gasteiger partial charge in [0.2, 0.25) is 0 Å². The van der Waals surface area contributed by atoms with Crippen molar-refractivity contribution in [1.82, 2.24) is 0 Å². The maximum absolute atomic E-state index is 9.38. The van der Waals surface area contributed by atoms with Gasteiger partial charge in [-0.2, -0.15) is 0 Å². The van der Waals surface area contributed by atoms with Crippen molar-refractivity contribution < 1.29 is 19.3 Å². The van der Waals surface area contributed by atoms with Gasteiger partial charge in [0, 0.05) is 33.0 Å². The molecule has 1 heterocycles. The van der Waals surface area contributed by atoms with Crippen LogP contribution >= 0.6 is 0 Å². The van der Waals surface area contributed by atoms with Gasteiger partial charge in [0.1, 0.15) is 0 Å². The molecule has 0 aromatic rings. The third kappa shape index (κ3) is 1.67. The number of aliphatic hydroxyl groups excluding tert-OH is 1. The van der Waals surface area contributed by atoms with Gasteiger partial charge < -0.3 is 19.3 Å². The highest BCUT2D eigenvalue weighted by molar-refractivity contribution is 4.96. The summed E-state index contributed by atoms with van der Waals surface area (Å²) in [6.07, 6.45) is 1.40. The van der Waals surface area contributed by atoms with E-state index in [2.05, 4.69) is 0 Å². The Kier molecular flexibility index (Phi) is 3.07. The largest absolute Gasteiger partial charge is 0.384 e. The van der Waals surface area contributed by atoms with Crippen LogP contribution in [0.2, 0.25) is 0 Å². The maximum Gasteiger partial charge on any atom is 0.155 e. The SMILES string of the molecule is COC[C@@H]1[C@H]2CC(O)O[C@H]2C[C@H]1OC. The summed E-state index contributed by atoms with van der Waals surface area (Å²) in [6, 6.07) is 0. The molecule has 2 aliphatic rings. The van der Waals surface area contributed by atoms with Crippen molar-refractivity contribution in [2.24, 2.45) is 11.8 Å². The third-order valence-electron chi connectivity index (χ3n) is 3.44. The Morgan fingerprint density at radius 3 is 2.79 bits per heavy atom. The first-order chi connectivity index (χ1) is 6.76. The molecule has 82 valence electrons. The Hall–Kier alpha value is -0.160. The molecule has 2 rings (SSSR count). The first-order valence-electron chi connectivity index (χ1n) is 5.11. The van der Waals surface area contributed by atoms with Crippen LogP contribution in [0, 0.1) is 11.8 Å². The Bertz CT molecular complexity index is 197. The first kappa shape index (κ1) is 10.4. The van der Waals surface area contributed by atoms with Crippen LogP contribution in [0.5, 0.6) is 0 Å². The molecule has 1 saturated heterocycles. The van der Waals surface area contributed by atoms with E-state index in [0.29, 0.717) is 18.4 Å². The van der Waals surface area contributed by atoms with Gasteiger partial charge in [-0.15, -0.1) is 0 Å². The van der Waals surface area contributed by atoms with E-state index in [4.69, 9.17) is 14.2 Å². The normalized spacial score (nSPS) is 46.9. The van der Waals surface area contributed by atoms with Gasteiger partial charge in [-0.1, -0.05) is 0 Å². The lowest BCUT2D eigenvalue weighted by Crippen LogP contribution is -2.26. The van der Waals surface area contributed by atoms with Gasteiger partial charge in [0.25, 0.3) is 0 Å². The molecule has 2 fully saturated rings. The minimum Gasteiger partial charge on any atom is -0.384 e. The molecule has 1 saturated carbocycles. The van der Waals surface area contributed by atoms with Crippen LogP contribution in [0.15, 0.2) is 0 Å². The fourth-order valence-electron chi connectivity index (χ4n) is 2.80. The summed E-state index contributed by atoms with van der Waals surface area (Å²) in [4.78, 5) is 0. The predicted octanol–water partition coefficient (Wildman–Crippen LogP) is 0.391. The maximum atomic E-state index is 9.38. The average Bonchev–Trinajstić information content (AvgIpc) is 2.64. The summed E-state index contributed by atoms with van der Waals surface area (Å²) in [5.41, 5.74) is 0. The van der Waals surface area contributed by atoms with Gasteiger partial charge >= 0.3 is 0 Å². The van der Waals surface area contributed by atoms with Crippen LogP contribution in [0.25, 0.3) is 0 Å². The highest BCUT2D eigenvalue weighted by Gasteiger charge is 2.49. The molecule has 5 atom stereocenters. The Labute approximate surface area is 84.1 Å². The molecule has 14 heavy (non-hydrogen) atoms. The summed E-state index contributed by atoms with van der Waals surface area (Å²) in [5, 5.41) is 9.38. The zero-order valence-corrected chi connectivity index (χ0v) is 8.68. The molecule has 0 amide bonds. The number of rotatable bonds is 3. The molecule has 1 unspecified atom stereocenters. The molecule has 1 aliphatic carbocycles. The molecule has 4 heteroatoms. The second-order valence-electron chi connectivity index (χ2n) is 4.16. The lowest BCUT2D eigenvalue weighted by atomic mass is 9.93. The molecule has 0 bridgehead atoms. The molecule has 0 aromatic carbocycles. The first-order valence-corrected chi connectivity index (χ1v) is 5.11. The topological polar surface area (TPSA) is 47.9 Å². The predicted molar refractivity (Wildman–Crippen MR) is 49.8 cm³/mol. The van der Waals surface area contributed by atoms with Crippen molar-refractivity contribution in [3.8, 4) is 0 Å². The van der Waals surface area contributed by atoms with E-state index < -0.39 is 6.29 Å². The van der Waals surface area contributed by atoms with Gasteiger partial charge in [-0.25, -0.2) is 0 Å². The second-order valence-corrected chi connectivity index (χ2v) is 4.16. The number of hydrogen-bond acceptors (Lipinski definition) is 4. The van der Waals surface area contributed by atoms with Crippen molar-refractivity contribution in [1.29, 1.82) is 0 Å². The quantitative estimate of drug-likeness (QED) is 0.719. The minimum absolute atomic E-state index is 0.162. The number of fused-ring (bicyclic) bond motifs is 1. The molecular weight excluding hydrogens is 184 g/mol. The third-order valence-corrected chi connectivity index (χ3v) is 3.44. The van der Waals surface area contributed by atoms with E-state index in [1.807, 2.05) is 0 Å². The molecule has 0 radical (unpaired) electrons. The fourth-order valence-corrected chi connectivity index (χ4v) is 2.80. The summed E-state index contributed by atoms with van der Waals surface area (Å²) >= 11 is 0. The van der Waals surface area contributed by atoms with E-state index in [-0.39, 0.29) is 12.2 Å². The van der Waals surface area contributed by atoms with Crippen molar-refractivity contribution in [3.05, 3.63) is 0 Å². The number of ether oxygens (including phenoxy) is 3. The van der Waals surface area contributed by atoms with Crippen LogP contribution in [-0.2, 0) is 14.2 Å². The van der Waals surface area contributed by atoms with Crippen molar-refractivity contribution in [2.75, 3.05) is 20.8 Å². The lowest BCUT2D eigenvalue weighted by molar-refractivity contribution is -0.0970. The highest BCUT2D eigenvalue weighted by atomic mass is 16.6. The van der Waals surface area contributed by atoms with E-state index >= 15 is 0 Å². The van der Waals surface area contributed by atoms with Crippen LogP contribution in [0.4, 0.5) is 0 Å². The Morgan fingerprint density at radius 1 is 1.36 bits per heavy atom. The number of aliphatic hydroxyl groups is 1. The van der Waals surface area contributed by atoms with Crippen LogP contribution in [-0.4, -0.2) is 44.4 Å². The molecule has 0 spiro atoms. The summed E-state index contributed by atoms with van der Waals surface area (Å²) < 4.78 is 16.0. The van der Waals surface area contributed by atoms with Crippen LogP contribution in [0.1, 0.15) is 12.8 Å². The zero-order chi connectivity index (χ0) is 10.1. The zero-order valence-electron chi connectivity index (χ0n) is 8.68. The summed E-state index contributed by atoms with van der Waals surface area (Å²) in [7, 11) is 3.43. The average molecular weight is 202 g/mol. The van der Waals surface area contributed by atoms with Crippen molar-refractivity contribution >= 4 is 0 Å². The number of hydrogen-bond donors (Lipinski definition) is 1. The lowest BCUT2D eigenvalue weighted by Gasteiger charge is -2.21. The molecule has 0 aromatic heterocycles. The fraction of sp³-hybridized carbons (Fsp3) is 1.00. The summed E-state index contributed by atoms with van der Waals surface area (Å²) in [5.74, 6) is 0.766. The van der Waals surface area contributed by atoms with E-state index in [1.165, 1.54) is 0 Å². The summed E-state index contributed by atoms with van der Waals surface area (Å²) in [6.45, 7) is 0.690. The Morgan fingerprint density at radius 2 is 2.14 bits per heavy atom. The van der Waals surface area contributed by atoms with Gasteiger partial charge in [-0.3, -0.25) is 0 Å². The number of methoxy groups -OCH3 is 2. The monoisotopic (exact) mass is 202 g/mol. The van der Waals surface area contributed by atoms with Crippen LogP contribution < -0.4 is 0 Å². The molecular formula is C10H18O4. The second kappa shape index (κ2) is 4.14. The van der Waals surface area contributed by atoms with Gasteiger partial charge in [0.15, 0.2) is 6.29 Å². The standard InChI is InChI=1S/C10H18O4/c1-12-5-7-6-3-10(11)14-9(6)4-8(7)13-2/h6-11H,3-5H2,1-2H3/t6-,7-,8-,9+,10?/m1/s1. The van der Waals surface area contributed by atoms with Gasteiger partial charge in [-0.05, 0) is 5.92 Å². The van der Waals surface area contributed by atoms with E-state index in [0.717, 1.165) is 12.8 Å². The van der Waals surface area contributed by atoms with Crippen LogP contribution in [0.3, 0.4) is 0 Å². The van der Waals surface area contributed by atoms with E-state index in [9.17, 15) is 5.11 Å². The molecule has 1 aliphatic heterocycles.